The molecule has 2 aromatic heterocycles. The summed E-state index contributed by atoms with van der Waals surface area (Å²) in [4.78, 5) is 2.62. The lowest BCUT2D eigenvalue weighted by Crippen LogP contribution is -2.60. The zero-order chi connectivity index (χ0) is 61.4. The molecule has 0 amide bonds. The fraction of sp³-hybridized carbons (Fsp3) is 0.349. The predicted octanol–water partition coefficient (Wildman–Crippen LogP) is 20.9. The third-order valence-electron chi connectivity index (χ3n) is 21.2. The summed E-state index contributed by atoms with van der Waals surface area (Å²) in [6.45, 7) is 47.5. The molecule has 3 nitrogen and oxygen atoms in total. The summed E-state index contributed by atoms with van der Waals surface area (Å²) in [6, 6.07) is 60.4. The van der Waals surface area contributed by atoms with Crippen LogP contribution in [0.4, 0.5) is 17.1 Å². The highest BCUT2D eigenvalue weighted by Crippen LogP contribution is 2.63. The first-order chi connectivity index (χ1) is 41.0. The molecule has 0 atom stereocenters. The lowest BCUT2D eigenvalue weighted by Gasteiger charge is -2.45. The molecule has 15 rings (SSSR count). The molecule has 4 heteroatoms. The van der Waals surface area contributed by atoms with Crippen molar-refractivity contribution in [2.75, 3.05) is 4.90 Å². The molecule has 0 radical (unpaired) electrons. The Kier molecular flexibility index (Phi) is 11.8. The van der Waals surface area contributed by atoms with E-state index in [1.165, 1.54) is 166 Å². The lowest BCUT2D eigenvalue weighted by molar-refractivity contribution is 0.583. The molecule has 3 aliphatic heterocycles. The monoisotopic (exact) mass is 1140 g/mol. The van der Waals surface area contributed by atoms with Crippen LogP contribution in [0.5, 0.6) is 0 Å². The van der Waals surface area contributed by atoms with Gasteiger partial charge >= 0.3 is 0 Å². The van der Waals surface area contributed by atoms with Crippen LogP contribution in [0.3, 0.4) is 0 Å². The minimum Gasteiger partial charge on any atom is -0.310 e. The van der Waals surface area contributed by atoms with E-state index < -0.39 is 5.41 Å². The number of hydrogen-bond acceptors (Lipinski definition) is 1. The van der Waals surface area contributed by atoms with E-state index in [2.05, 4.69) is 298 Å². The Labute approximate surface area is 518 Å². The van der Waals surface area contributed by atoms with E-state index in [1.54, 1.807) is 0 Å². The maximum atomic E-state index is 2.82. The Bertz CT molecular complexity index is 4700. The van der Waals surface area contributed by atoms with Crippen LogP contribution in [0.2, 0.25) is 0 Å². The lowest BCUT2D eigenvalue weighted by atomic mass is 9.33. The molecule has 9 aromatic carbocycles. The Morgan fingerprint density at radius 3 is 1.46 bits per heavy atom. The Balaban J connectivity index is 1.15. The smallest absolute Gasteiger partial charge is 0.252 e. The van der Waals surface area contributed by atoms with E-state index in [0.29, 0.717) is 23.7 Å². The predicted molar refractivity (Wildman–Crippen MR) is 376 cm³/mol. The minimum absolute atomic E-state index is 0.0621. The van der Waals surface area contributed by atoms with Crippen LogP contribution in [0.15, 0.2) is 146 Å². The van der Waals surface area contributed by atoms with Gasteiger partial charge in [0.1, 0.15) is 0 Å². The van der Waals surface area contributed by atoms with Crippen LogP contribution in [0.1, 0.15) is 229 Å². The standard InChI is InChI=1S/C83H88BN3/c1-45(2)49-21-26-57(27-22-49)85(58-36-51(47(5)6)35-52(37-58)48(7)8)71-34-31-68-78-73(71)63-38-50(46(3)4)23-32-70(63)86(78)72-33-30-64-77-74(72)84(68)69-44-56(82(18,19)20)40-62-61-39-55(81(15,16)17)43-67(75(61)87(77)76(62)69)83(64)65-41-53(79(9,10)11)24-28-59(65)60-29-25-54(42-66(60)83)80(12,13)14/h21-48H,1-20H3. The van der Waals surface area contributed by atoms with Gasteiger partial charge in [0.25, 0.3) is 6.71 Å². The molecule has 4 aliphatic rings. The average Bonchev–Trinajstić information content (AvgIpc) is 1.53. The van der Waals surface area contributed by atoms with Crippen molar-refractivity contribution >= 4 is 83.8 Å². The summed E-state index contributed by atoms with van der Waals surface area (Å²) in [5, 5.41) is 5.35. The summed E-state index contributed by atoms with van der Waals surface area (Å²) in [5.41, 5.74) is 34.0. The van der Waals surface area contributed by atoms with Crippen LogP contribution < -0.4 is 21.3 Å². The third kappa shape index (κ3) is 7.74. The molecule has 0 bridgehead atoms. The number of hydrogen-bond donors (Lipinski definition) is 0. The summed E-state index contributed by atoms with van der Waals surface area (Å²) >= 11 is 0. The van der Waals surface area contributed by atoms with Crippen molar-refractivity contribution in [3.05, 3.63) is 212 Å². The maximum absolute atomic E-state index is 2.82. The van der Waals surface area contributed by atoms with E-state index in [4.69, 9.17) is 0 Å². The second-order valence-corrected chi connectivity index (χ2v) is 32.2. The molecule has 1 spiro atoms. The summed E-state index contributed by atoms with van der Waals surface area (Å²) in [6.07, 6.45) is 0. The van der Waals surface area contributed by atoms with Gasteiger partial charge in [-0.15, -0.1) is 0 Å². The Morgan fingerprint density at radius 1 is 0.379 bits per heavy atom. The van der Waals surface area contributed by atoms with Gasteiger partial charge < -0.3 is 14.0 Å². The second-order valence-electron chi connectivity index (χ2n) is 32.2. The molecule has 5 heterocycles. The molecule has 0 unspecified atom stereocenters. The van der Waals surface area contributed by atoms with Crippen molar-refractivity contribution < 1.29 is 0 Å². The summed E-state index contributed by atoms with van der Waals surface area (Å²) < 4.78 is 5.55. The van der Waals surface area contributed by atoms with Crippen LogP contribution in [0.25, 0.3) is 66.1 Å². The fourth-order valence-corrected chi connectivity index (χ4v) is 16.1. The molecule has 0 N–H and O–H groups in total. The van der Waals surface area contributed by atoms with Crippen molar-refractivity contribution in [1.29, 1.82) is 0 Å². The van der Waals surface area contributed by atoms with Crippen LogP contribution in [-0.4, -0.2) is 15.8 Å². The maximum Gasteiger partial charge on any atom is 0.252 e. The molecule has 11 aromatic rings. The summed E-state index contributed by atoms with van der Waals surface area (Å²) in [5.74, 6) is 1.50. The molecule has 0 saturated heterocycles. The number of benzene rings is 9. The van der Waals surface area contributed by atoms with E-state index in [-0.39, 0.29) is 28.4 Å². The van der Waals surface area contributed by atoms with E-state index in [0.717, 1.165) is 0 Å². The van der Waals surface area contributed by atoms with Gasteiger partial charge in [0.15, 0.2) is 0 Å². The van der Waals surface area contributed by atoms with E-state index >= 15 is 0 Å². The molecule has 87 heavy (non-hydrogen) atoms. The third-order valence-corrected chi connectivity index (χ3v) is 21.2. The quantitative estimate of drug-likeness (QED) is 0.145. The van der Waals surface area contributed by atoms with Crippen LogP contribution in [-0.2, 0) is 27.1 Å². The fourth-order valence-electron chi connectivity index (χ4n) is 16.1. The first-order valence-corrected chi connectivity index (χ1v) is 32.8. The minimum atomic E-state index is -0.633. The first kappa shape index (κ1) is 56.0. The van der Waals surface area contributed by atoms with Gasteiger partial charge in [0.05, 0.1) is 27.7 Å². The molecular weight excluding hydrogens is 1050 g/mol. The largest absolute Gasteiger partial charge is 0.310 e. The number of nitrogens with zero attached hydrogens (tertiary/aromatic N) is 3. The van der Waals surface area contributed by atoms with Crippen molar-refractivity contribution in [3.8, 4) is 22.5 Å². The van der Waals surface area contributed by atoms with E-state index in [9.17, 15) is 0 Å². The SMILES string of the molecule is CC(C)c1ccc(N(c2cc(C(C)C)cc(C(C)C)c2)c2ccc3c4c2c2cc(C(C)C)ccc2n4-c2ccc4c5c2B3c2cc(C(C)(C)C)cc3c6cc(C(C)(C)C)cc(c6n-5c23)C42c3cc(C(C)(C)C)ccc3-c3ccc(C(C)(C)C)cc32)cc1. The van der Waals surface area contributed by atoms with Crippen LogP contribution >= 0.6 is 0 Å². The Morgan fingerprint density at radius 2 is 0.908 bits per heavy atom. The van der Waals surface area contributed by atoms with Crippen molar-refractivity contribution in [2.45, 2.75) is 189 Å². The van der Waals surface area contributed by atoms with Crippen molar-refractivity contribution in [1.82, 2.24) is 9.13 Å². The first-order valence-electron chi connectivity index (χ1n) is 32.8. The van der Waals surface area contributed by atoms with Gasteiger partial charge in [-0.3, -0.25) is 0 Å². The highest BCUT2D eigenvalue weighted by Gasteiger charge is 2.55. The molecule has 1 aliphatic carbocycles. The number of aromatic nitrogens is 2. The van der Waals surface area contributed by atoms with Crippen molar-refractivity contribution in [3.63, 3.8) is 0 Å². The van der Waals surface area contributed by atoms with Gasteiger partial charge in [-0.25, -0.2) is 0 Å². The van der Waals surface area contributed by atoms with Gasteiger partial charge in [-0.1, -0.05) is 223 Å². The zero-order valence-corrected chi connectivity index (χ0v) is 55.6. The second kappa shape index (κ2) is 18.3. The highest BCUT2D eigenvalue weighted by molar-refractivity contribution is 7.00. The summed E-state index contributed by atoms with van der Waals surface area (Å²) in [7, 11) is 0. The van der Waals surface area contributed by atoms with Gasteiger partial charge in [-0.05, 0) is 200 Å². The van der Waals surface area contributed by atoms with Crippen molar-refractivity contribution in [2.24, 2.45) is 0 Å². The molecule has 0 fully saturated rings. The normalized spacial score (nSPS) is 14.7. The number of anilines is 3. The van der Waals surface area contributed by atoms with Gasteiger partial charge in [0, 0.05) is 49.8 Å². The zero-order valence-electron chi connectivity index (χ0n) is 55.6. The topological polar surface area (TPSA) is 13.1 Å². The van der Waals surface area contributed by atoms with Gasteiger partial charge in [-0.2, -0.15) is 0 Å². The van der Waals surface area contributed by atoms with Gasteiger partial charge in [0.2, 0.25) is 0 Å². The molecule has 438 valence electrons. The highest BCUT2D eigenvalue weighted by atomic mass is 15.2. The number of rotatable bonds is 7. The molecule has 0 saturated carbocycles. The van der Waals surface area contributed by atoms with Crippen LogP contribution in [0, 0.1) is 0 Å². The molecular formula is C83H88BN3. The number of fused-ring (bicyclic) bond motifs is 14. The average molecular weight is 1140 g/mol. The van der Waals surface area contributed by atoms with E-state index in [1.807, 2.05) is 0 Å². The Hall–Kier alpha value is -7.56.